The first-order valence-electron chi connectivity index (χ1n) is 6.79. The molecule has 0 N–H and O–H groups in total. The molecule has 1 aliphatic carbocycles. The van der Waals surface area contributed by atoms with Crippen LogP contribution in [-0.2, 0) is 0 Å². The molecule has 0 radical (unpaired) electrons. The van der Waals surface area contributed by atoms with E-state index in [1.54, 1.807) is 29.3 Å². The van der Waals surface area contributed by atoms with Crippen molar-refractivity contribution in [2.75, 3.05) is 12.0 Å². The van der Waals surface area contributed by atoms with E-state index >= 15 is 0 Å². The number of carbonyl (C=O) groups excluding carboxylic acids is 1. The molecule has 0 aliphatic heterocycles. The Balaban J connectivity index is 1.99. The predicted octanol–water partition coefficient (Wildman–Crippen LogP) is 3.55. The number of benzene rings is 1. The lowest BCUT2D eigenvalue weighted by molar-refractivity contribution is 0.0981. The van der Waals surface area contributed by atoms with Gasteiger partial charge in [0.05, 0.1) is 12.7 Å². The average molecular weight is 303 g/mol. The van der Waals surface area contributed by atoms with Crippen LogP contribution in [-0.4, -0.2) is 24.0 Å². The number of pyridine rings is 1. The van der Waals surface area contributed by atoms with E-state index in [0.29, 0.717) is 22.2 Å². The molecule has 21 heavy (non-hydrogen) atoms. The van der Waals surface area contributed by atoms with Gasteiger partial charge in [-0.1, -0.05) is 17.7 Å². The summed E-state index contributed by atoms with van der Waals surface area (Å²) in [5.41, 5.74) is 0.499. The quantitative estimate of drug-likeness (QED) is 0.867. The fourth-order valence-electron chi connectivity index (χ4n) is 2.26. The first-order chi connectivity index (χ1) is 10.2. The lowest BCUT2D eigenvalue weighted by Crippen LogP contribution is -2.34. The highest BCUT2D eigenvalue weighted by molar-refractivity contribution is 6.31. The van der Waals surface area contributed by atoms with Gasteiger partial charge in [-0.2, -0.15) is 0 Å². The first kappa shape index (κ1) is 13.9. The summed E-state index contributed by atoms with van der Waals surface area (Å²) in [4.78, 5) is 18.9. The minimum absolute atomic E-state index is 0.107. The smallest absolute Gasteiger partial charge is 0.263 e. The third kappa shape index (κ3) is 2.85. The number of carbonyl (C=O) groups is 1. The highest BCUT2D eigenvalue weighted by Gasteiger charge is 2.35. The maximum absolute atomic E-state index is 12.9. The number of halogens is 1. The Labute approximate surface area is 128 Å². The van der Waals surface area contributed by atoms with E-state index in [9.17, 15) is 4.79 Å². The molecule has 0 bridgehead atoms. The lowest BCUT2D eigenvalue weighted by atomic mass is 10.1. The van der Waals surface area contributed by atoms with Gasteiger partial charge in [0.15, 0.2) is 0 Å². The van der Waals surface area contributed by atoms with Gasteiger partial charge in [0.1, 0.15) is 11.6 Å². The molecule has 0 spiro atoms. The molecule has 0 atom stereocenters. The maximum Gasteiger partial charge on any atom is 0.263 e. The van der Waals surface area contributed by atoms with Crippen molar-refractivity contribution in [3.63, 3.8) is 0 Å². The van der Waals surface area contributed by atoms with Crippen molar-refractivity contribution in [1.82, 2.24) is 4.98 Å². The minimum atomic E-state index is -0.107. The zero-order valence-corrected chi connectivity index (χ0v) is 12.4. The zero-order chi connectivity index (χ0) is 14.8. The predicted molar refractivity (Wildman–Crippen MR) is 82.1 cm³/mol. The van der Waals surface area contributed by atoms with Crippen LogP contribution >= 0.6 is 11.6 Å². The van der Waals surface area contributed by atoms with Crippen molar-refractivity contribution in [2.45, 2.75) is 18.9 Å². The molecular formula is C16H15ClN2O2. The molecule has 108 valence electrons. The summed E-state index contributed by atoms with van der Waals surface area (Å²) in [6.45, 7) is 0. The van der Waals surface area contributed by atoms with E-state index in [1.807, 2.05) is 18.2 Å². The highest BCUT2D eigenvalue weighted by atomic mass is 35.5. The van der Waals surface area contributed by atoms with Crippen LogP contribution in [0.4, 0.5) is 5.82 Å². The summed E-state index contributed by atoms with van der Waals surface area (Å²) < 4.78 is 5.28. The number of methoxy groups -OCH3 is 1. The fourth-order valence-corrected chi connectivity index (χ4v) is 2.42. The van der Waals surface area contributed by atoms with Crippen LogP contribution in [0.1, 0.15) is 23.2 Å². The summed E-state index contributed by atoms with van der Waals surface area (Å²) in [5, 5.41) is 0.541. The molecular weight excluding hydrogens is 288 g/mol. The molecule has 0 saturated heterocycles. The highest BCUT2D eigenvalue weighted by Crippen LogP contribution is 2.34. The van der Waals surface area contributed by atoms with Crippen molar-refractivity contribution >= 4 is 23.3 Å². The second kappa shape index (κ2) is 5.74. The van der Waals surface area contributed by atoms with Gasteiger partial charge < -0.3 is 4.74 Å². The number of hydrogen-bond donors (Lipinski definition) is 0. The van der Waals surface area contributed by atoms with Crippen LogP contribution in [0.3, 0.4) is 0 Å². The summed E-state index contributed by atoms with van der Waals surface area (Å²) in [7, 11) is 1.53. The molecule has 1 fully saturated rings. The van der Waals surface area contributed by atoms with Gasteiger partial charge in [-0.3, -0.25) is 9.69 Å². The standard InChI is InChI=1S/C16H15ClN2O2/c1-21-14-10-11(17)5-8-13(14)16(20)19(12-6-7-12)15-4-2-3-9-18-15/h2-5,8-10,12H,6-7H2,1H3. The van der Waals surface area contributed by atoms with Crippen molar-refractivity contribution in [2.24, 2.45) is 0 Å². The van der Waals surface area contributed by atoms with Crippen LogP contribution in [0.2, 0.25) is 5.02 Å². The van der Waals surface area contributed by atoms with Crippen molar-refractivity contribution in [1.29, 1.82) is 0 Å². The fraction of sp³-hybridized carbons (Fsp3) is 0.250. The normalized spacial score (nSPS) is 13.8. The van der Waals surface area contributed by atoms with Gasteiger partial charge in [0.25, 0.3) is 5.91 Å². The van der Waals surface area contributed by atoms with Gasteiger partial charge in [-0.15, -0.1) is 0 Å². The number of rotatable bonds is 4. The first-order valence-corrected chi connectivity index (χ1v) is 7.16. The van der Waals surface area contributed by atoms with Crippen LogP contribution in [0.15, 0.2) is 42.6 Å². The molecule has 1 saturated carbocycles. The van der Waals surface area contributed by atoms with E-state index in [0.717, 1.165) is 12.8 Å². The van der Waals surface area contributed by atoms with Crippen LogP contribution < -0.4 is 9.64 Å². The SMILES string of the molecule is COc1cc(Cl)ccc1C(=O)N(c1ccccn1)C1CC1. The number of aromatic nitrogens is 1. The van der Waals surface area contributed by atoms with Crippen LogP contribution in [0.25, 0.3) is 0 Å². The number of amides is 1. The summed E-state index contributed by atoms with van der Waals surface area (Å²) in [5.74, 6) is 1.04. The van der Waals surface area contributed by atoms with Crippen LogP contribution in [0.5, 0.6) is 5.75 Å². The Hall–Kier alpha value is -2.07. The Kier molecular flexibility index (Phi) is 3.80. The third-order valence-corrected chi connectivity index (χ3v) is 3.66. The molecule has 2 aromatic rings. The van der Waals surface area contributed by atoms with Gasteiger partial charge in [0.2, 0.25) is 0 Å². The molecule has 1 amide bonds. The van der Waals surface area contributed by atoms with Gasteiger partial charge in [0, 0.05) is 17.3 Å². The third-order valence-electron chi connectivity index (χ3n) is 3.42. The van der Waals surface area contributed by atoms with Gasteiger partial charge >= 0.3 is 0 Å². The monoisotopic (exact) mass is 302 g/mol. The van der Waals surface area contributed by atoms with E-state index in [2.05, 4.69) is 4.98 Å². The second-order valence-electron chi connectivity index (χ2n) is 4.94. The number of nitrogens with zero attached hydrogens (tertiary/aromatic N) is 2. The number of hydrogen-bond acceptors (Lipinski definition) is 3. The zero-order valence-electron chi connectivity index (χ0n) is 11.6. The molecule has 1 aliphatic rings. The Morgan fingerprint density at radius 3 is 2.76 bits per heavy atom. The molecule has 1 aromatic carbocycles. The largest absolute Gasteiger partial charge is 0.496 e. The molecule has 0 unspecified atom stereocenters. The Morgan fingerprint density at radius 2 is 2.14 bits per heavy atom. The molecule has 1 aromatic heterocycles. The lowest BCUT2D eigenvalue weighted by Gasteiger charge is -2.22. The number of anilines is 1. The maximum atomic E-state index is 12.9. The van der Waals surface area contributed by atoms with E-state index in [4.69, 9.17) is 16.3 Å². The van der Waals surface area contributed by atoms with E-state index in [-0.39, 0.29) is 11.9 Å². The molecule has 4 nitrogen and oxygen atoms in total. The average Bonchev–Trinajstić information content (AvgIpc) is 3.33. The Bertz CT molecular complexity index is 657. The minimum Gasteiger partial charge on any atom is -0.496 e. The van der Waals surface area contributed by atoms with Crippen molar-refractivity contribution < 1.29 is 9.53 Å². The topological polar surface area (TPSA) is 42.4 Å². The summed E-state index contributed by atoms with van der Waals surface area (Å²) in [6, 6.07) is 10.8. The summed E-state index contributed by atoms with van der Waals surface area (Å²) in [6.07, 6.45) is 3.69. The van der Waals surface area contributed by atoms with E-state index in [1.165, 1.54) is 7.11 Å². The second-order valence-corrected chi connectivity index (χ2v) is 5.38. The van der Waals surface area contributed by atoms with Crippen molar-refractivity contribution in [3.8, 4) is 5.75 Å². The van der Waals surface area contributed by atoms with Crippen LogP contribution in [0, 0.1) is 0 Å². The Morgan fingerprint density at radius 1 is 1.33 bits per heavy atom. The van der Waals surface area contributed by atoms with Crippen molar-refractivity contribution in [3.05, 3.63) is 53.2 Å². The summed E-state index contributed by atoms with van der Waals surface area (Å²) >= 11 is 5.95. The van der Waals surface area contributed by atoms with Gasteiger partial charge in [-0.25, -0.2) is 4.98 Å². The molecule has 1 heterocycles. The molecule has 3 rings (SSSR count). The number of ether oxygens (including phenoxy) is 1. The van der Waals surface area contributed by atoms with Gasteiger partial charge in [-0.05, 0) is 43.2 Å². The molecule has 5 heteroatoms. The van der Waals surface area contributed by atoms with E-state index < -0.39 is 0 Å².